The number of para-hydroxylation sites is 1. The highest BCUT2D eigenvalue weighted by atomic mass is 32.2. The van der Waals surface area contributed by atoms with Crippen LogP contribution in [0.3, 0.4) is 0 Å². The van der Waals surface area contributed by atoms with Gasteiger partial charge in [-0.25, -0.2) is 8.42 Å². The largest absolute Gasteiger partial charge is 0.496 e. The summed E-state index contributed by atoms with van der Waals surface area (Å²) in [5.74, 6) is 6.34. The fraction of sp³-hybridized carbons (Fsp3) is 0.238. The molecule has 0 bridgehead atoms. The number of ether oxygens (including phenoxy) is 1. The molecule has 4 nitrogen and oxygen atoms in total. The Hall–Kier alpha value is -2.55. The lowest BCUT2D eigenvalue weighted by molar-refractivity contribution is 0.414. The van der Waals surface area contributed by atoms with Gasteiger partial charge in [-0.1, -0.05) is 54.0 Å². The van der Waals surface area contributed by atoms with E-state index in [9.17, 15) is 8.42 Å². The number of aryl methyl sites for hydroxylation is 1. The van der Waals surface area contributed by atoms with Crippen molar-refractivity contribution in [1.82, 2.24) is 4.31 Å². The summed E-state index contributed by atoms with van der Waals surface area (Å²) >= 11 is 0. The molecule has 0 fully saturated rings. The van der Waals surface area contributed by atoms with E-state index in [-0.39, 0.29) is 18.0 Å². The van der Waals surface area contributed by atoms with Gasteiger partial charge in [0.2, 0.25) is 10.0 Å². The molecule has 0 aliphatic carbocycles. The Bertz CT molecular complexity index is 920. The summed E-state index contributed by atoms with van der Waals surface area (Å²) in [6.45, 7) is 3.99. The number of hydrogen-bond acceptors (Lipinski definition) is 3. The molecular formula is C21H23NO3S. The van der Waals surface area contributed by atoms with E-state index in [0.717, 1.165) is 16.9 Å². The maximum absolute atomic E-state index is 12.9. The molecule has 0 aromatic heterocycles. The molecule has 0 aliphatic rings. The topological polar surface area (TPSA) is 46.6 Å². The van der Waals surface area contributed by atoms with E-state index in [1.807, 2.05) is 37.3 Å². The molecule has 0 N–H and O–H groups in total. The molecule has 0 saturated carbocycles. The molecule has 0 aliphatic heterocycles. The van der Waals surface area contributed by atoms with Crippen molar-refractivity contribution in [3.8, 4) is 17.6 Å². The van der Waals surface area contributed by atoms with Crippen LogP contribution in [0.4, 0.5) is 0 Å². The number of nitrogens with zero attached hydrogens (tertiary/aromatic N) is 1. The van der Waals surface area contributed by atoms with Gasteiger partial charge in [-0.05, 0) is 32.0 Å². The molecule has 0 heterocycles. The molecule has 26 heavy (non-hydrogen) atoms. The third-order valence-electron chi connectivity index (χ3n) is 3.84. The summed E-state index contributed by atoms with van der Waals surface area (Å²) < 4.78 is 32.5. The minimum Gasteiger partial charge on any atom is -0.496 e. The van der Waals surface area contributed by atoms with Gasteiger partial charge in [-0.3, -0.25) is 0 Å². The van der Waals surface area contributed by atoms with Crippen LogP contribution in [0, 0.1) is 18.8 Å². The first-order chi connectivity index (χ1) is 12.5. The van der Waals surface area contributed by atoms with E-state index in [0.29, 0.717) is 0 Å². The van der Waals surface area contributed by atoms with Crippen molar-refractivity contribution in [2.75, 3.05) is 20.2 Å². The molecule has 136 valence electrons. The van der Waals surface area contributed by atoms with Crippen molar-refractivity contribution in [3.05, 3.63) is 65.7 Å². The zero-order valence-corrected chi connectivity index (χ0v) is 16.1. The maximum Gasteiger partial charge on any atom is 0.244 e. The van der Waals surface area contributed by atoms with E-state index in [1.54, 1.807) is 44.4 Å². The van der Waals surface area contributed by atoms with Gasteiger partial charge in [0.15, 0.2) is 0 Å². The second-order valence-corrected chi connectivity index (χ2v) is 7.62. The lowest BCUT2D eigenvalue weighted by atomic mass is 10.2. The quantitative estimate of drug-likeness (QED) is 0.699. The van der Waals surface area contributed by atoms with Crippen LogP contribution < -0.4 is 4.74 Å². The minimum absolute atomic E-state index is 0.142. The Balaban J connectivity index is 2.25. The van der Waals surface area contributed by atoms with Crippen LogP contribution in [0.5, 0.6) is 5.75 Å². The van der Waals surface area contributed by atoms with Crippen molar-refractivity contribution in [2.24, 2.45) is 0 Å². The van der Waals surface area contributed by atoms with Gasteiger partial charge in [0.1, 0.15) is 5.75 Å². The second-order valence-electron chi connectivity index (χ2n) is 5.68. The number of sulfonamides is 1. The normalized spacial score (nSPS) is 11.4. The predicted molar refractivity (Wildman–Crippen MR) is 105 cm³/mol. The third kappa shape index (κ3) is 4.98. The molecule has 0 atom stereocenters. The molecule has 0 saturated heterocycles. The fourth-order valence-corrected chi connectivity index (χ4v) is 3.67. The lowest BCUT2D eigenvalue weighted by Gasteiger charge is -2.18. The summed E-state index contributed by atoms with van der Waals surface area (Å²) in [5, 5.41) is 0. The van der Waals surface area contributed by atoms with Gasteiger partial charge < -0.3 is 4.74 Å². The van der Waals surface area contributed by atoms with E-state index >= 15 is 0 Å². The van der Waals surface area contributed by atoms with Crippen LogP contribution in [0.1, 0.15) is 18.1 Å². The first-order valence-electron chi connectivity index (χ1n) is 8.25. The monoisotopic (exact) mass is 369 g/mol. The van der Waals surface area contributed by atoms with Gasteiger partial charge in [0, 0.05) is 12.1 Å². The Morgan fingerprint density at radius 3 is 2.46 bits per heavy atom. The highest BCUT2D eigenvalue weighted by Gasteiger charge is 2.22. The van der Waals surface area contributed by atoms with Gasteiger partial charge in [-0.2, -0.15) is 4.31 Å². The average Bonchev–Trinajstić information content (AvgIpc) is 2.65. The van der Waals surface area contributed by atoms with Crippen LogP contribution in [-0.4, -0.2) is 32.9 Å². The summed E-state index contributed by atoms with van der Waals surface area (Å²) in [6.07, 6.45) is 3.66. The van der Waals surface area contributed by atoms with Crippen LogP contribution in [0.2, 0.25) is 0 Å². The highest BCUT2D eigenvalue weighted by Crippen LogP contribution is 2.20. The summed E-state index contributed by atoms with van der Waals surface area (Å²) in [7, 11) is -2.00. The number of hydrogen-bond donors (Lipinski definition) is 0. The number of benzene rings is 2. The van der Waals surface area contributed by atoms with Crippen LogP contribution in [0.25, 0.3) is 6.08 Å². The Morgan fingerprint density at radius 2 is 1.81 bits per heavy atom. The predicted octanol–water partition coefficient (Wildman–Crippen LogP) is 3.73. The van der Waals surface area contributed by atoms with Crippen molar-refractivity contribution in [3.63, 3.8) is 0 Å². The van der Waals surface area contributed by atoms with Gasteiger partial charge >= 0.3 is 0 Å². The van der Waals surface area contributed by atoms with Crippen molar-refractivity contribution < 1.29 is 13.2 Å². The molecule has 0 unspecified atom stereocenters. The Kier molecular flexibility index (Phi) is 7.02. The van der Waals surface area contributed by atoms with Gasteiger partial charge in [-0.15, -0.1) is 5.92 Å². The number of rotatable bonds is 7. The maximum atomic E-state index is 12.9. The minimum atomic E-state index is -3.61. The molecule has 2 aromatic rings. The molecule has 0 radical (unpaired) electrons. The molecular weight excluding hydrogens is 346 g/mol. The van der Waals surface area contributed by atoms with E-state index in [1.165, 1.54) is 4.31 Å². The van der Waals surface area contributed by atoms with Gasteiger partial charge in [0.05, 0.1) is 18.6 Å². The average molecular weight is 369 g/mol. The van der Waals surface area contributed by atoms with Crippen molar-refractivity contribution in [1.29, 1.82) is 0 Å². The van der Waals surface area contributed by atoms with Crippen molar-refractivity contribution in [2.45, 2.75) is 18.7 Å². The third-order valence-corrected chi connectivity index (χ3v) is 5.66. The van der Waals surface area contributed by atoms with Crippen LogP contribution in [-0.2, 0) is 10.0 Å². The molecule has 5 heteroatoms. The van der Waals surface area contributed by atoms with E-state index < -0.39 is 10.0 Å². The Labute approximate surface area is 156 Å². The fourth-order valence-electron chi connectivity index (χ4n) is 2.38. The Morgan fingerprint density at radius 1 is 1.12 bits per heavy atom. The molecule has 2 aromatic carbocycles. The summed E-state index contributed by atoms with van der Waals surface area (Å²) in [6, 6.07) is 14.4. The molecule has 2 rings (SSSR count). The highest BCUT2D eigenvalue weighted by molar-refractivity contribution is 7.89. The van der Waals surface area contributed by atoms with Crippen molar-refractivity contribution >= 4 is 16.1 Å². The zero-order valence-electron chi connectivity index (χ0n) is 15.3. The van der Waals surface area contributed by atoms with Crippen LogP contribution >= 0.6 is 0 Å². The summed E-state index contributed by atoms with van der Waals surface area (Å²) in [4.78, 5) is 0.270. The lowest BCUT2D eigenvalue weighted by Crippen LogP contribution is -2.31. The van der Waals surface area contributed by atoms with Gasteiger partial charge in [0.25, 0.3) is 0 Å². The smallest absolute Gasteiger partial charge is 0.244 e. The second kappa shape index (κ2) is 9.23. The SMILES string of the molecule is CC#CCN(C/C=C/c1ccccc1OC)S(=O)(=O)c1ccc(C)cc1. The van der Waals surface area contributed by atoms with E-state index in [4.69, 9.17) is 4.74 Å². The first-order valence-corrected chi connectivity index (χ1v) is 9.69. The number of methoxy groups -OCH3 is 1. The standard InChI is InChI=1S/C21H23NO3S/c1-4-5-16-22(26(23,24)20-14-12-18(2)13-15-20)17-8-10-19-9-6-7-11-21(19)25-3/h6-15H,16-17H2,1-3H3/b10-8+. The summed E-state index contributed by atoms with van der Waals surface area (Å²) in [5.41, 5.74) is 1.91. The zero-order chi connectivity index (χ0) is 19.0. The molecule has 0 spiro atoms. The first kappa shape index (κ1) is 19.8. The molecule has 0 amide bonds. The van der Waals surface area contributed by atoms with E-state index in [2.05, 4.69) is 11.8 Å². The van der Waals surface area contributed by atoms with Crippen LogP contribution in [0.15, 0.2) is 59.5 Å².